The molecule has 3 rings (SSSR count). The summed E-state index contributed by atoms with van der Waals surface area (Å²) < 4.78 is 0. The molecule has 0 saturated heterocycles. The van der Waals surface area contributed by atoms with Crippen LogP contribution in [0.3, 0.4) is 0 Å². The second kappa shape index (κ2) is 5.68. The molecular weight excluding hydrogens is 296 g/mol. The third kappa shape index (κ3) is 2.91. The van der Waals surface area contributed by atoms with Gasteiger partial charge in [-0.15, -0.1) is 0 Å². The van der Waals surface area contributed by atoms with Gasteiger partial charge in [-0.1, -0.05) is 24.3 Å². The van der Waals surface area contributed by atoms with Crippen LogP contribution >= 0.6 is 0 Å². The maximum atomic E-state index is 10.8. The van der Waals surface area contributed by atoms with Crippen LogP contribution in [0.4, 0.5) is 17.6 Å². The van der Waals surface area contributed by atoms with Gasteiger partial charge in [0.05, 0.1) is 4.92 Å². The maximum absolute atomic E-state index is 10.8. The fourth-order valence-electron chi connectivity index (χ4n) is 2.22. The first-order chi connectivity index (χ1) is 11.0. The molecule has 0 aliphatic heterocycles. The van der Waals surface area contributed by atoms with E-state index < -0.39 is 4.92 Å². The van der Waals surface area contributed by atoms with Crippen molar-refractivity contribution in [3.63, 3.8) is 0 Å². The SMILES string of the molecule is Nc1nc(N)nc(-c2ccccc2-c2ccc([N+](=O)[O-])cc2)n1. The van der Waals surface area contributed by atoms with Gasteiger partial charge in [-0.3, -0.25) is 10.1 Å². The van der Waals surface area contributed by atoms with Gasteiger partial charge in [0, 0.05) is 17.7 Å². The summed E-state index contributed by atoms with van der Waals surface area (Å²) >= 11 is 0. The van der Waals surface area contributed by atoms with Crippen molar-refractivity contribution in [1.82, 2.24) is 15.0 Å². The number of benzene rings is 2. The first-order valence-corrected chi connectivity index (χ1v) is 6.66. The molecule has 23 heavy (non-hydrogen) atoms. The number of nitrogens with zero attached hydrogens (tertiary/aromatic N) is 4. The molecule has 114 valence electrons. The first kappa shape index (κ1) is 14.4. The highest BCUT2D eigenvalue weighted by Crippen LogP contribution is 2.31. The fourth-order valence-corrected chi connectivity index (χ4v) is 2.22. The van der Waals surface area contributed by atoms with Gasteiger partial charge in [-0.2, -0.15) is 15.0 Å². The van der Waals surface area contributed by atoms with Gasteiger partial charge >= 0.3 is 0 Å². The minimum atomic E-state index is -0.441. The van der Waals surface area contributed by atoms with E-state index in [1.807, 2.05) is 24.3 Å². The number of aromatic nitrogens is 3. The average Bonchev–Trinajstić information content (AvgIpc) is 2.54. The topological polar surface area (TPSA) is 134 Å². The van der Waals surface area contributed by atoms with E-state index in [0.717, 1.165) is 11.1 Å². The minimum absolute atomic E-state index is 0.0277. The molecule has 0 bridgehead atoms. The van der Waals surface area contributed by atoms with Crippen LogP contribution in [0.25, 0.3) is 22.5 Å². The maximum Gasteiger partial charge on any atom is 0.269 e. The number of rotatable bonds is 3. The Labute approximate surface area is 131 Å². The Morgan fingerprint density at radius 2 is 1.39 bits per heavy atom. The third-order valence-electron chi connectivity index (χ3n) is 3.23. The molecule has 0 unspecified atom stereocenters. The molecule has 0 fully saturated rings. The van der Waals surface area contributed by atoms with Crippen molar-refractivity contribution in [3.05, 3.63) is 58.6 Å². The highest BCUT2D eigenvalue weighted by Gasteiger charge is 2.12. The predicted molar refractivity (Wildman–Crippen MR) is 86.2 cm³/mol. The number of hydrogen-bond donors (Lipinski definition) is 2. The third-order valence-corrected chi connectivity index (χ3v) is 3.23. The smallest absolute Gasteiger partial charge is 0.269 e. The van der Waals surface area contributed by atoms with Crippen LogP contribution in [-0.4, -0.2) is 19.9 Å². The van der Waals surface area contributed by atoms with Crippen molar-refractivity contribution in [2.24, 2.45) is 0 Å². The summed E-state index contributed by atoms with van der Waals surface area (Å²) in [5, 5.41) is 10.8. The zero-order chi connectivity index (χ0) is 16.4. The van der Waals surface area contributed by atoms with Gasteiger partial charge in [0.15, 0.2) is 5.82 Å². The van der Waals surface area contributed by atoms with Crippen molar-refractivity contribution in [2.75, 3.05) is 11.5 Å². The average molecular weight is 308 g/mol. The molecule has 0 saturated carbocycles. The second-order valence-electron chi connectivity index (χ2n) is 4.72. The van der Waals surface area contributed by atoms with Crippen molar-refractivity contribution in [1.29, 1.82) is 0 Å². The lowest BCUT2D eigenvalue weighted by Gasteiger charge is -2.09. The first-order valence-electron chi connectivity index (χ1n) is 6.66. The van der Waals surface area contributed by atoms with Crippen molar-refractivity contribution in [3.8, 4) is 22.5 Å². The van der Waals surface area contributed by atoms with Crippen molar-refractivity contribution < 1.29 is 4.92 Å². The Morgan fingerprint density at radius 3 is 1.96 bits per heavy atom. The molecule has 1 heterocycles. The van der Waals surface area contributed by atoms with Gasteiger partial charge < -0.3 is 11.5 Å². The van der Waals surface area contributed by atoms with Gasteiger partial charge in [0.1, 0.15) is 0 Å². The largest absolute Gasteiger partial charge is 0.368 e. The second-order valence-corrected chi connectivity index (χ2v) is 4.72. The van der Waals surface area contributed by atoms with Crippen LogP contribution in [0.5, 0.6) is 0 Å². The van der Waals surface area contributed by atoms with Crippen LogP contribution in [0.15, 0.2) is 48.5 Å². The van der Waals surface area contributed by atoms with Crippen molar-refractivity contribution in [2.45, 2.75) is 0 Å². The highest BCUT2D eigenvalue weighted by molar-refractivity contribution is 5.81. The molecular formula is C15H12N6O2. The van der Waals surface area contributed by atoms with Crippen LogP contribution in [-0.2, 0) is 0 Å². The Kier molecular flexibility index (Phi) is 3.55. The molecule has 0 radical (unpaired) electrons. The molecule has 0 amide bonds. The zero-order valence-electron chi connectivity index (χ0n) is 11.9. The van der Waals surface area contributed by atoms with Crippen LogP contribution in [0.2, 0.25) is 0 Å². The van der Waals surface area contributed by atoms with Gasteiger partial charge in [0.2, 0.25) is 11.9 Å². The molecule has 0 spiro atoms. The number of anilines is 2. The number of nitrogens with two attached hydrogens (primary N) is 2. The molecule has 0 aliphatic rings. The van der Waals surface area contributed by atoms with Gasteiger partial charge in [-0.05, 0) is 23.3 Å². The lowest BCUT2D eigenvalue weighted by molar-refractivity contribution is -0.384. The predicted octanol–water partition coefficient (Wildman–Crippen LogP) is 2.28. The molecule has 1 aromatic heterocycles. The molecule has 4 N–H and O–H groups in total. The summed E-state index contributed by atoms with van der Waals surface area (Å²) in [6.45, 7) is 0. The van der Waals surface area contributed by atoms with Gasteiger partial charge in [-0.25, -0.2) is 0 Å². The van der Waals surface area contributed by atoms with E-state index in [-0.39, 0.29) is 17.6 Å². The number of nitro groups is 1. The van der Waals surface area contributed by atoms with E-state index in [1.165, 1.54) is 12.1 Å². The fraction of sp³-hybridized carbons (Fsp3) is 0. The molecule has 0 aliphatic carbocycles. The van der Waals surface area contributed by atoms with E-state index in [0.29, 0.717) is 11.4 Å². The minimum Gasteiger partial charge on any atom is -0.368 e. The van der Waals surface area contributed by atoms with E-state index in [4.69, 9.17) is 11.5 Å². The summed E-state index contributed by atoms with van der Waals surface area (Å²) in [4.78, 5) is 22.3. The van der Waals surface area contributed by atoms with E-state index >= 15 is 0 Å². The quantitative estimate of drug-likeness (QED) is 0.559. The Morgan fingerprint density at radius 1 is 0.826 bits per heavy atom. The summed E-state index contributed by atoms with van der Waals surface area (Å²) in [5.41, 5.74) is 13.6. The van der Waals surface area contributed by atoms with E-state index in [9.17, 15) is 10.1 Å². The van der Waals surface area contributed by atoms with E-state index in [2.05, 4.69) is 15.0 Å². The monoisotopic (exact) mass is 308 g/mol. The normalized spacial score (nSPS) is 10.4. The highest BCUT2D eigenvalue weighted by atomic mass is 16.6. The molecule has 8 nitrogen and oxygen atoms in total. The summed E-state index contributed by atoms with van der Waals surface area (Å²) in [7, 11) is 0. The Hall–Kier alpha value is -3.55. The van der Waals surface area contributed by atoms with Crippen LogP contribution in [0, 0.1) is 10.1 Å². The lowest BCUT2D eigenvalue weighted by Crippen LogP contribution is -2.04. The van der Waals surface area contributed by atoms with Gasteiger partial charge in [0.25, 0.3) is 5.69 Å². The molecule has 3 aromatic rings. The van der Waals surface area contributed by atoms with Crippen LogP contribution in [0.1, 0.15) is 0 Å². The molecule has 2 aromatic carbocycles. The standard InChI is InChI=1S/C15H12N6O2/c16-14-18-13(19-15(17)20-14)12-4-2-1-3-11(12)9-5-7-10(8-6-9)21(22)23/h1-8H,(H4,16,17,18,19,20). The number of nitrogen functional groups attached to an aromatic ring is 2. The Balaban J connectivity index is 2.12. The van der Waals surface area contributed by atoms with Crippen molar-refractivity contribution >= 4 is 17.6 Å². The molecule has 0 atom stereocenters. The summed E-state index contributed by atoms with van der Waals surface area (Å²) in [6.07, 6.45) is 0. The molecule has 8 heteroatoms. The number of nitro benzene ring substituents is 1. The lowest BCUT2D eigenvalue weighted by atomic mass is 9.99. The van der Waals surface area contributed by atoms with E-state index in [1.54, 1.807) is 12.1 Å². The Bertz CT molecular complexity index is 859. The zero-order valence-corrected chi connectivity index (χ0v) is 11.9. The van der Waals surface area contributed by atoms with Crippen LogP contribution < -0.4 is 11.5 Å². The number of hydrogen-bond acceptors (Lipinski definition) is 7. The summed E-state index contributed by atoms with van der Waals surface area (Å²) in [5.74, 6) is 0.418. The number of non-ortho nitro benzene ring substituents is 1. The summed E-state index contributed by atoms with van der Waals surface area (Å²) in [6, 6.07) is 13.6.